The molecular formula is C23H26Cl2N8O3S2. The zero-order chi connectivity index (χ0) is 25.9. The summed E-state index contributed by atoms with van der Waals surface area (Å²) in [6.45, 7) is 2.73. The number of pyridine rings is 1. The van der Waals surface area contributed by atoms with Gasteiger partial charge in [0.2, 0.25) is 0 Å². The second-order valence-corrected chi connectivity index (χ2v) is 11.3. The number of halogens is 2. The molecule has 0 unspecified atom stereocenters. The van der Waals surface area contributed by atoms with Crippen molar-refractivity contribution in [3.05, 3.63) is 50.5 Å². The average molecular weight is 598 g/mol. The Hall–Kier alpha value is -2.84. The Labute approximate surface area is 238 Å². The first-order valence-electron chi connectivity index (χ1n) is 11.7. The minimum absolute atomic E-state index is 0. The number of thiazole rings is 2. The molecule has 15 heteroatoms. The topological polar surface area (TPSA) is 132 Å². The smallest absolute Gasteiger partial charge is 0.314 e. The number of carbonyl (C=O) groups is 3. The first kappa shape index (κ1) is 28.2. The van der Waals surface area contributed by atoms with Crippen LogP contribution in [0.4, 0.5) is 10.9 Å². The van der Waals surface area contributed by atoms with Crippen molar-refractivity contribution in [1.29, 1.82) is 0 Å². The van der Waals surface area contributed by atoms with Crippen LogP contribution in [-0.2, 0) is 22.6 Å². The van der Waals surface area contributed by atoms with Gasteiger partial charge >= 0.3 is 11.8 Å². The largest absolute Gasteiger partial charge is 0.346 e. The number of amides is 3. The van der Waals surface area contributed by atoms with Crippen LogP contribution in [0.2, 0.25) is 5.02 Å². The number of carbonyl (C=O) groups excluding carboxylic acids is 3. The number of hydrogen-bond acceptors (Lipinski definition) is 10. The van der Waals surface area contributed by atoms with E-state index in [1.165, 1.54) is 34.9 Å². The van der Waals surface area contributed by atoms with Crippen molar-refractivity contribution in [1.82, 2.24) is 30.5 Å². The Balaban J connectivity index is 0.00000336. The minimum Gasteiger partial charge on any atom is -0.346 e. The molecule has 3 aromatic heterocycles. The number of rotatable bonds is 5. The van der Waals surface area contributed by atoms with Crippen LogP contribution >= 0.6 is 46.7 Å². The van der Waals surface area contributed by atoms with Gasteiger partial charge in [-0.05, 0) is 25.6 Å². The summed E-state index contributed by atoms with van der Waals surface area (Å²) in [6.07, 6.45) is 4.44. The molecule has 5 heterocycles. The minimum atomic E-state index is -0.848. The normalized spacial score (nSPS) is 19.2. The van der Waals surface area contributed by atoms with Crippen molar-refractivity contribution < 1.29 is 14.4 Å². The number of likely N-dealkylation sites (N-methyl/N-ethyl adjacent to an activating group) is 1. The third-order valence-electron chi connectivity index (χ3n) is 6.23. The standard InChI is InChI=1S/C23H25ClN8O3S2.ClH/c1-31-7-4-15-17(12-31)37-22(29-15)21(35)28-16-11-32(23-25-6-9-36-23)8-5-14(16)27-19(33)20(34)30-18-3-2-13(24)10-26-18;/h2-3,6,9-10,14,16H,4-5,7-8,11-12H2,1H3,(H,27,33)(H,28,35)(H,26,30,34);1H/t14-,16+;/m0./s1. The molecule has 0 spiro atoms. The van der Waals surface area contributed by atoms with Crippen molar-refractivity contribution in [3.63, 3.8) is 0 Å². The van der Waals surface area contributed by atoms with Gasteiger partial charge in [0, 0.05) is 55.3 Å². The molecule has 38 heavy (non-hydrogen) atoms. The predicted molar refractivity (Wildman–Crippen MR) is 149 cm³/mol. The monoisotopic (exact) mass is 596 g/mol. The summed E-state index contributed by atoms with van der Waals surface area (Å²) in [7, 11) is 2.05. The molecule has 3 N–H and O–H groups in total. The summed E-state index contributed by atoms with van der Waals surface area (Å²) in [5.41, 5.74) is 0.971. The van der Waals surface area contributed by atoms with Crippen LogP contribution in [0.15, 0.2) is 29.9 Å². The molecule has 11 nitrogen and oxygen atoms in total. The Morgan fingerprint density at radius 2 is 1.95 bits per heavy atom. The van der Waals surface area contributed by atoms with Crippen LogP contribution in [0.1, 0.15) is 26.8 Å². The molecule has 2 aliphatic heterocycles. The van der Waals surface area contributed by atoms with Crippen LogP contribution in [0.3, 0.4) is 0 Å². The van der Waals surface area contributed by atoms with E-state index >= 15 is 0 Å². The molecule has 202 valence electrons. The van der Waals surface area contributed by atoms with E-state index in [2.05, 4.69) is 40.7 Å². The SMILES string of the molecule is CN1CCc2nc(C(=O)N[C@@H]3CN(c4nccs4)CC[C@@H]3NC(=O)C(=O)Nc3ccc(Cl)cn3)sc2C1.Cl. The van der Waals surface area contributed by atoms with Crippen LogP contribution < -0.4 is 20.9 Å². The number of nitrogens with zero attached hydrogens (tertiary/aromatic N) is 5. The van der Waals surface area contributed by atoms with Crippen molar-refractivity contribution in [2.24, 2.45) is 0 Å². The number of hydrogen-bond donors (Lipinski definition) is 3. The fourth-order valence-electron chi connectivity index (χ4n) is 4.32. The van der Waals surface area contributed by atoms with E-state index in [0.717, 1.165) is 35.2 Å². The maximum Gasteiger partial charge on any atom is 0.314 e. The molecule has 2 atom stereocenters. The Morgan fingerprint density at radius 1 is 1.11 bits per heavy atom. The molecule has 0 aliphatic carbocycles. The van der Waals surface area contributed by atoms with Crippen LogP contribution in [0.5, 0.6) is 0 Å². The van der Waals surface area contributed by atoms with Gasteiger partial charge in [0.25, 0.3) is 5.91 Å². The fraction of sp³-hybridized carbons (Fsp3) is 0.391. The van der Waals surface area contributed by atoms with E-state index in [1.807, 2.05) is 12.4 Å². The Morgan fingerprint density at radius 3 is 2.68 bits per heavy atom. The van der Waals surface area contributed by atoms with Crippen molar-refractivity contribution in [3.8, 4) is 0 Å². The highest BCUT2D eigenvalue weighted by molar-refractivity contribution is 7.14. The second kappa shape index (κ2) is 12.3. The van der Waals surface area contributed by atoms with E-state index in [9.17, 15) is 14.4 Å². The highest BCUT2D eigenvalue weighted by atomic mass is 35.5. The van der Waals surface area contributed by atoms with E-state index in [-0.39, 0.29) is 24.1 Å². The molecular weight excluding hydrogens is 571 g/mol. The van der Waals surface area contributed by atoms with E-state index in [1.54, 1.807) is 12.3 Å². The number of fused-ring (bicyclic) bond motifs is 1. The quantitative estimate of drug-likeness (QED) is 0.382. The maximum absolute atomic E-state index is 13.2. The fourth-order valence-corrected chi connectivity index (χ4v) is 6.21. The van der Waals surface area contributed by atoms with Gasteiger partial charge in [-0.15, -0.1) is 35.1 Å². The summed E-state index contributed by atoms with van der Waals surface area (Å²) < 4.78 is 0. The lowest BCUT2D eigenvalue weighted by Gasteiger charge is -2.38. The summed E-state index contributed by atoms with van der Waals surface area (Å²) in [6, 6.07) is 2.15. The van der Waals surface area contributed by atoms with Crippen molar-refractivity contribution >= 4 is 75.4 Å². The van der Waals surface area contributed by atoms with Gasteiger partial charge < -0.3 is 25.8 Å². The molecule has 5 rings (SSSR count). The van der Waals surface area contributed by atoms with Gasteiger partial charge in [-0.2, -0.15) is 0 Å². The number of piperidine rings is 1. The third-order valence-corrected chi connectivity index (χ3v) is 8.36. The molecule has 1 saturated heterocycles. The Kier molecular flexibility index (Phi) is 9.15. The van der Waals surface area contributed by atoms with Crippen molar-refractivity contribution in [2.45, 2.75) is 31.5 Å². The lowest BCUT2D eigenvalue weighted by Crippen LogP contribution is -2.61. The molecule has 0 saturated carbocycles. The van der Waals surface area contributed by atoms with Crippen LogP contribution in [0, 0.1) is 0 Å². The highest BCUT2D eigenvalue weighted by Crippen LogP contribution is 2.26. The molecule has 0 bridgehead atoms. The molecule has 2 aliphatic rings. The van der Waals surface area contributed by atoms with E-state index < -0.39 is 23.9 Å². The van der Waals surface area contributed by atoms with E-state index in [4.69, 9.17) is 11.6 Å². The zero-order valence-corrected chi connectivity index (χ0v) is 23.6. The van der Waals surface area contributed by atoms with E-state index in [0.29, 0.717) is 29.5 Å². The van der Waals surface area contributed by atoms with Crippen LogP contribution in [0.25, 0.3) is 0 Å². The molecule has 0 aromatic carbocycles. The maximum atomic E-state index is 13.2. The Bertz CT molecular complexity index is 1290. The molecule has 3 aromatic rings. The van der Waals surface area contributed by atoms with Crippen LogP contribution in [-0.4, -0.2) is 76.3 Å². The third kappa shape index (κ3) is 6.59. The van der Waals surface area contributed by atoms with Gasteiger partial charge in [0.05, 0.1) is 22.8 Å². The number of aromatic nitrogens is 3. The summed E-state index contributed by atoms with van der Waals surface area (Å²) >= 11 is 8.73. The number of anilines is 2. The second-order valence-electron chi connectivity index (χ2n) is 8.90. The molecule has 1 fully saturated rings. The lowest BCUT2D eigenvalue weighted by molar-refractivity contribution is -0.136. The highest BCUT2D eigenvalue weighted by Gasteiger charge is 2.34. The first-order chi connectivity index (χ1) is 17.9. The average Bonchev–Trinajstić information content (AvgIpc) is 3.56. The number of nitrogens with one attached hydrogen (secondary N) is 3. The van der Waals surface area contributed by atoms with Gasteiger partial charge in [-0.1, -0.05) is 11.6 Å². The first-order valence-corrected chi connectivity index (χ1v) is 13.8. The summed E-state index contributed by atoms with van der Waals surface area (Å²) in [5, 5.41) is 11.9. The van der Waals surface area contributed by atoms with Gasteiger partial charge in [-0.25, -0.2) is 15.0 Å². The van der Waals surface area contributed by atoms with Gasteiger partial charge in [-0.3, -0.25) is 14.4 Å². The summed E-state index contributed by atoms with van der Waals surface area (Å²) in [4.78, 5) is 56.8. The zero-order valence-electron chi connectivity index (χ0n) is 20.3. The lowest BCUT2D eigenvalue weighted by atomic mass is 9.99. The van der Waals surface area contributed by atoms with Gasteiger partial charge in [0.1, 0.15) is 5.82 Å². The van der Waals surface area contributed by atoms with Crippen molar-refractivity contribution in [2.75, 3.05) is 36.9 Å². The molecule has 3 amide bonds. The molecule has 0 radical (unpaired) electrons. The van der Waals surface area contributed by atoms with Gasteiger partial charge in [0.15, 0.2) is 10.1 Å². The predicted octanol–water partition coefficient (Wildman–Crippen LogP) is 2.19. The summed E-state index contributed by atoms with van der Waals surface area (Å²) in [5.74, 6) is -1.73.